The summed E-state index contributed by atoms with van der Waals surface area (Å²) in [5.74, 6) is -0.737. The molecule has 0 saturated carbocycles. The van der Waals surface area contributed by atoms with Crippen molar-refractivity contribution in [3.05, 3.63) is 65.5 Å². The number of alkyl halides is 3. The number of amides is 1. The van der Waals surface area contributed by atoms with Gasteiger partial charge in [0.05, 0.1) is 12.3 Å². The van der Waals surface area contributed by atoms with E-state index >= 15 is 0 Å². The fraction of sp³-hybridized carbons (Fsp3) is 0.263. The summed E-state index contributed by atoms with van der Waals surface area (Å²) >= 11 is 0. The Labute approximate surface area is 162 Å². The third-order valence-electron chi connectivity index (χ3n) is 4.75. The van der Waals surface area contributed by atoms with Gasteiger partial charge in [-0.05, 0) is 42.8 Å². The van der Waals surface area contributed by atoms with Gasteiger partial charge in [0.1, 0.15) is 17.4 Å². The third kappa shape index (κ3) is 3.69. The third-order valence-corrected chi connectivity index (χ3v) is 4.75. The van der Waals surface area contributed by atoms with Gasteiger partial charge in [-0.3, -0.25) is 4.79 Å². The van der Waals surface area contributed by atoms with Gasteiger partial charge >= 0.3 is 6.18 Å². The maximum absolute atomic E-state index is 13.6. The molecule has 1 amide bonds. The number of nitrogens with one attached hydrogen (secondary N) is 2. The summed E-state index contributed by atoms with van der Waals surface area (Å²) in [4.78, 5) is 12.5. The maximum atomic E-state index is 13.6. The molecule has 0 saturated heterocycles. The second kappa shape index (κ2) is 6.94. The molecular weight excluding hydrogens is 392 g/mol. The molecule has 10 heteroatoms. The molecule has 0 fully saturated rings. The van der Waals surface area contributed by atoms with Crippen molar-refractivity contribution < 1.29 is 26.8 Å². The smallest absolute Gasteiger partial charge is 0.410 e. The highest BCUT2D eigenvalue weighted by Gasteiger charge is 2.47. The van der Waals surface area contributed by atoms with Crippen LogP contribution in [0, 0.1) is 12.7 Å². The average Bonchev–Trinajstić information content (AvgIpc) is 3.31. The van der Waals surface area contributed by atoms with E-state index in [1.54, 1.807) is 19.1 Å². The Bertz CT molecular complexity index is 1040. The predicted molar refractivity (Wildman–Crippen MR) is 96.1 cm³/mol. The van der Waals surface area contributed by atoms with E-state index in [1.165, 1.54) is 30.5 Å². The van der Waals surface area contributed by atoms with E-state index in [0.717, 1.165) is 4.68 Å². The molecule has 0 aliphatic carbocycles. The van der Waals surface area contributed by atoms with Gasteiger partial charge in [0.2, 0.25) is 0 Å². The van der Waals surface area contributed by atoms with Gasteiger partial charge in [0, 0.05) is 18.2 Å². The minimum absolute atomic E-state index is 0.0564. The number of aromatic nitrogens is 2. The Kier molecular flexibility index (Phi) is 4.56. The topological polar surface area (TPSA) is 72.1 Å². The van der Waals surface area contributed by atoms with E-state index in [1.807, 2.05) is 0 Å². The zero-order valence-corrected chi connectivity index (χ0v) is 15.1. The molecule has 1 aliphatic heterocycles. The first-order valence-electron chi connectivity index (χ1n) is 8.76. The number of carbonyl (C=O) groups excluding carboxylic acids is 1. The van der Waals surface area contributed by atoms with Crippen LogP contribution >= 0.6 is 0 Å². The number of halogens is 4. The summed E-state index contributed by atoms with van der Waals surface area (Å²) in [6.07, 6.45) is -3.51. The number of furan rings is 1. The average molecular weight is 408 g/mol. The van der Waals surface area contributed by atoms with Crippen molar-refractivity contribution >= 4 is 17.4 Å². The number of hydrogen-bond acceptors (Lipinski definition) is 4. The van der Waals surface area contributed by atoms with Crippen LogP contribution in [0.1, 0.15) is 40.3 Å². The minimum atomic E-state index is -4.56. The highest BCUT2D eigenvalue weighted by molar-refractivity contribution is 6.03. The second-order valence-electron chi connectivity index (χ2n) is 6.78. The van der Waals surface area contributed by atoms with Crippen molar-refractivity contribution in [2.75, 3.05) is 10.6 Å². The van der Waals surface area contributed by atoms with Crippen LogP contribution < -0.4 is 10.6 Å². The van der Waals surface area contributed by atoms with Gasteiger partial charge < -0.3 is 15.1 Å². The Morgan fingerprint density at radius 3 is 2.76 bits per heavy atom. The number of anilines is 2. The Morgan fingerprint density at radius 1 is 1.31 bits per heavy atom. The van der Waals surface area contributed by atoms with Crippen LogP contribution in [0.4, 0.5) is 29.1 Å². The lowest BCUT2D eigenvalue weighted by Gasteiger charge is -2.32. The zero-order valence-electron chi connectivity index (χ0n) is 15.1. The molecule has 152 valence electrons. The number of nitrogens with zero attached hydrogens (tertiary/aromatic N) is 2. The van der Waals surface area contributed by atoms with Crippen molar-refractivity contribution in [2.24, 2.45) is 0 Å². The number of rotatable bonds is 3. The molecule has 2 atom stereocenters. The van der Waals surface area contributed by atoms with Crippen molar-refractivity contribution in [3.8, 4) is 0 Å². The van der Waals surface area contributed by atoms with E-state index < -0.39 is 30.0 Å². The summed E-state index contributed by atoms with van der Waals surface area (Å²) in [5, 5.41) is 9.36. The molecule has 0 radical (unpaired) electrons. The summed E-state index contributed by atoms with van der Waals surface area (Å²) in [5.41, 5.74) is 0.633. The molecule has 3 heterocycles. The van der Waals surface area contributed by atoms with Crippen LogP contribution in [0.15, 0.2) is 47.1 Å². The first-order valence-corrected chi connectivity index (χ1v) is 8.76. The van der Waals surface area contributed by atoms with Crippen LogP contribution in [-0.2, 0) is 0 Å². The highest BCUT2D eigenvalue weighted by atomic mass is 19.4. The second-order valence-corrected chi connectivity index (χ2v) is 6.78. The molecule has 1 aliphatic rings. The first-order chi connectivity index (χ1) is 13.7. The van der Waals surface area contributed by atoms with E-state index in [4.69, 9.17) is 4.42 Å². The summed E-state index contributed by atoms with van der Waals surface area (Å²) in [7, 11) is 0. The molecule has 2 N–H and O–H groups in total. The Balaban J connectivity index is 1.64. The van der Waals surface area contributed by atoms with Crippen molar-refractivity contribution in [1.82, 2.24) is 9.78 Å². The quantitative estimate of drug-likeness (QED) is 0.609. The van der Waals surface area contributed by atoms with Crippen LogP contribution in [0.2, 0.25) is 0 Å². The van der Waals surface area contributed by atoms with Gasteiger partial charge in [-0.25, -0.2) is 9.07 Å². The monoisotopic (exact) mass is 408 g/mol. The van der Waals surface area contributed by atoms with Gasteiger partial charge in [0.15, 0.2) is 11.7 Å². The van der Waals surface area contributed by atoms with Gasteiger partial charge in [-0.15, -0.1) is 0 Å². The molecule has 29 heavy (non-hydrogen) atoms. The van der Waals surface area contributed by atoms with E-state index in [0.29, 0.717) is 17.0 Å². The fourth-order valence-corrected chi connectivity index (χ4v) is 3.31. The number of benzene rings is 1. The van der Waals surface area contributed by atoms with Gasteiger partial charge in [-0.2, -0.15) is 18.3 Å². The summed E-state index contributed by atoms with van der Waals surface area (Å²) in [6, 6.07) is 5.60. The molecule has 0 unspecified atom stereocenters. The van der Waals surface area contributed by atoms with Gasteiger partial charge in [-0.1, -0.05) is 0 Å². The van der Waals surface area contributed by atoms with Crippen molar-refractivity contribution in [1.29, 1.82) is 0 Å². The van der Waals surface area contributed by atoms with Crippen molar-refractivity contribution in [2.45, 2.75) is 31.6 Å². The largest absolute Gasteiger partial charge is 0.467 e. The molecule has 3 aromatic rings. The predicted octanol–water partition coefficient (Wildman–Crippen LogP) is 4.84. The van der Waals surface area contributed by atoms with E-state index in [2.05, 4.69) is 15.7 Å². The van der Waals surface area contributed by atoms with Crippen LogP contribution in [0.5, 0.6) is 0 Å². The summed E-state index contributed by atoms with van der Waals surface area (Å²) < 4.78 is 60.1. The van der Waals surface area contributed by atoms with Crippen molar-refractivity contribution in [3.63, 3.8) is 0 Å². The molecule has 4 rings (SSSR count). The Hall–Kier alpha value is -3.30. The molecule has 2 aromatic heterocycles. The lowest BCUT2D eigenvalue weighted by Crippen LogP contribution is -2.35. The van der Waals surface area contributed by atoms with E-state index in [-0.39, 0.29) is 17.9 Å². The highest BCUT2D eigenvalue weighted by Crippen LogP contribution is 2.43. The van der Waals surface area contributed by atoms with Crippen LogP contribution in [0.25, 0.3) is 0 Å². The first kappa shape index (κ1) is 19.0. The lowest BCUT2D eigenvalue weighted by molar-refractivity contribution is -0.174. The normalized spacial score (nSPS) is 18.8. The number of hydrogen-bond donors (Lipinski definition) is 2. The van der Waals surface area contributed by atoms with Gasteiger partial charge in [0.25, 0.3) is 5.91 Å². The lowest BCUT2D eigenvalue weighted by atomic mass is 10.0. The van der Waals surface area contributed by atoms with Crippen LogP contribution in [-0.4, -0.2) is 21.9 Å². The van der Waals surface area contributed by atoms with Crippen LogP contribution in [0.3, 0.4) is 0 Å². The Morgan fingerprint density at radius 2 is 2.10 bits per heavy atom. The molecule has 6 nitrogen and oxygen atoms in total. The number of aryl methyl sites for hydroxylation is 1. The number of fused-ring (bicyclic) bond motifs is 1. The minimum Gasteiger partial charge on any atom is -0.467 e. The fourth-order valence-electron chi connectivity index (χ4n) is 3.31. The molecule has 0 bridgehead atoms. The SMILES string of the molecule is Cc1cc(F)ccc1NC(=O)c1cc2n(n1)[C@H](C(F)(F)F)C[C@@H](c1ccco1)N2. The molecule has 0 spiro atoms. The maximum Gasteiger partial charge on any atom is 0.410 e. The molecule has 1 aromatic carbocycles. The molecular formula is C19H16F4N4O2. The zero-order chi connectivity index (χ0) is 20.8. The standard InChI is InChI=1S/C19H16F4N4O2/c1-10-7-11(20)4-5-12(10)25-18(28)14-9-17-24-13(15-3-2-6-29-15)8-16(19(21,22)23)27(17)26-14/h2-7,9,13,16,24H,8H2,1H3,(H,25,28)/t13-,16-/m0/s1. The summed E-state index contributed by atoms with van der Waals surface area (Å²) in [6.45, 7) is 1.60. The van der Waals surface area contributed by atoms with E-state index in [9.17, 15) is 22.4 Å². The number of carbonyl (C=O) groups is 1.